The summed E-state index contributed by atoms with van der Waals surface area (Å²) in [6, 6.07) is 7.11. The van der Waals surface area contributed by atoms with E-state index < -0.39 is 10.2 Å². The molecule has 3 aliphatic rings. The molecule has 0 aromatic heterocycles. The highest BCUT2D eigenvalue weighted by Gasteiger charge is 2.34. The van der Waals surface area contributed by atoms with Crippen molar-refractivity contribution >= 4 is 10.2 Å². The summed E-state index contributed by atoms with van der Waals surface area (Å²) in [5.41, 5.74) is 2.73. The Kier molecular flexibility index (Phi) is 7.02. The first-order valence-corrected chi connectivity index (χ1v) is 13.1. The molecular weight excluding hydrogens is 398 g/mol. The van der Waals surface area contributed by atoms with Gasteiger partial charge in [0, 0.05) is 45.2 Å². The van der Waals surface area contributed by atoms with E-state index in [1.54, 1.807) is 8.61 Å². The van der Waals surface area contributed by atoms with Gasteiger partial charge in [0.05, 0.1) is 6.61 Å². The number of hydrogen-bond acceptors (Lipinski definition) is 4. The molecule has 0 spiro atoms. The molecule has 1 atom stereocenters. The van der Waals surface area contributed by atoms with Crippen molar-refractivity contribution in [1.82, 2.24) is 13.5 Å². The van der Waals surface area contributed by atoms with Crippen molar-refractivity contribution in [3.05, 3.63) is 29.3 Å². The van der Waals surface area contributed by atoms with Gasteiger partial charge in [-0.05, 0) is 68.7 Å². The van der Waals surface area contributed by atoms with E-state index in [9.17, 15) is 8.42 Å². The second-order valence-corrected chi connectivity index (χ2v) is 11.1. The normalized spacial score (nSPS) is 22.4. The predicted molar refractivity (Wildman–Crippen MR) is 120 cm³/mol. The zero-order valence-electron chi connectivity index (χ0n) is 18.6. The van der Waals surface area contributed by atoms with Crippen molar-refractivity contribution in [3.63, 3.8) is 0 Å². The van der Waals surface area contributed by atoms with Gasteiger partial charge >= 0.3 is 0 Å². The van der Waals surface area contributed by atoms with Crippen LogP contribution in [0.2, 0.25) is 0 Å². The lowest BCUT2D eigenvalue weighted by Gasteiger charge is -2.37. The van der Waals surface area contributed by atoms with Gasteiger partial charge in [-0.3, -0.25) is 0 Å². The average Bonchev–Trinajstić information content (AvgIpc) is 3.44. The van der Waals surface area contributed by atoms with Crippen molar-refractivity contribution in [2.75, 3.05) is 45.9 Å². The van der Waals surface area contributed by atoms with Crippen LogP contribution >= 0.6 is 0 Å². The van der Waals surface area contributed by atoms with Crippen molar-refractivity contribution < 1.29 is 13.2 Å². The largest absolute Gasteiger partial charge is 0.493 e. The summed E-state index contributed by atoms with van der Waals surface area (Å²) < 4.78 is 34.6. The maximum Gasteiger partial charge on any atom is 0.281 e. The van der Waals surface area contributed by atoms with E-state index in [1.807, 2.05) is 0 Å². The third kappa shape index (κ3) is 4.85. The minimum Gasteiger partial charge on any atom is -0.493 e. The average molecular weight is 436 g/mol. The summed E-state index contributed by atoms with van der Waals surface area (Å²) in [6.07, 6.45) is 5.99. The molecule has 7 heteroatoms. The molecule has 30 heavy (non-hydrogen) atoms. The molecule has 0 amide bonds. The third-order valence-electron chi connectivity index (χ3n) is 7.10. The molecule has 0 aliphatic carbocycles. The molecule has 6 nitrogen and oxygen atoms in total. The van der Waals surface area contributed by atoms with Gasteiger partial charge in [0.25, 0.3) is 10.2 Å². The minimum absolute atomic E-state index is 0.474. The van der Waals surface area contributed by atoms with E-state index in [4.69, 9.17) is 4.74 Å². The Labute approximate surface area is 182 Å². The van der Waals surface area contributed by atoms with Crippen LogP contribution < -0.4 is 4.74 Å². The van der Waals surface area contributed by atoms with Crippen molar-refractivity contribution in [2.45, 2.75) is 58.4 Å². The zero-order chi connectivity index (χ0) is 21.1. The van der Waals surface area contributed by atoms with Gasteiger partial charge in [-0.2, -0.15) is 17.0 Å². The van der Waals surface area contributed by atoms with Crippen LogP contribution in [0.1, 0.15) is 50.7 Å². The van der Waals surface area contributed by atoms with Crippen LogP contribution in [0.15, 0.2) is 18.2 Å². The van der Waals surface area contributed by atoms with Crippen LogP contribution in [-0.2, 0) is 23.1 Å². The number of rotatable bonds is 8. The van der Waals surface area contributed by atoms with Crippen LogP contribution in [0.3, 0.4) is 0 Å². The zero-order valence-corrected chi connectivity index (χ0v) is 19.4. The Balaban J connectivity index is 1.29. The number of ether oxygens (including phenoxy) is 1. The maximum absolute atomic E-state index is 12.8. The number of fused-ring (bicyclic) bond motifs is 1. The number of likely N-dealkylation sites (N-methyl/N-ethyl adjacent to an activating group) is 1. The molecular formula is C23H37N3O3S. The second kappa shape index (κ2) is 9.55. The fourth-order valence-electron chi connectivity index (χ4n) is 5.19. The summed E-state index contributed by atoms with van der Waals surface area (Å²) in [5, 5.41) is 0. The molecule has 3 aliphatic heterocycles. The predicted octanol–water partition coefficient (Wildman–Crippen LogP) is 2.93. The van der Waals surface area contributed by atoms with Crippen LogP contribution in [0.4, 0.5) is 0 Å². The highest BCUT2D eigenvalue weighted by atomic mass is 32.2. The summed E-state index contributed by atoms with van der Waals surface area (Å²) in [7, 11) is -3.24. The van der Waals surface area contributed by atoms with Gasteiger partial charge in [0.2, 0.25) is 0 Å². The van der Waals surface area contributed by atoms with Crippen LogP contribution in [0.5, 0.6) is 5.75 Å². The number of hydrogen-bond donors (Lipinski definition) is 0. The number of nitrogens with zero attached hydrogens (tertiary/aromatic N) is 3. The highest BCUT2D eigenvalue weighted by Crippen LogP contribution is 2.28. The topological polar surface area (TPSA) is 53.1 Å². The van der Waals surface area contributed by atoms with E-state index >= 15 is 0 Å². The van der Waals surface area contributed by atoms with Gasteiger partial charge < -0.3 is 9.64 Å². The molecule has 168 valence electrons. The van der Waals surface area contributed by atoms with Gasteiger partial charge in [-0.1, -0.05) is 19.1 Å². The molecule has 2 saturated heterocycles. The molecule has 3 heterocycles. The third-order valence-corrected chi connectivity index (χ3v) is 9.13. The Morgan fingerprint density at radius 3 is 2.53 bits per heavy atom. The van der Waals surface area contributed by atoms with E-state index in [2.05, 4.69) is 36.9 Å². The van der Waals surface area contributed by atoms with Crippen molar-refractivity contribution in [2.24, 2.45) is 5.92 Å². The summed E-state index contributed by atoms with van der Waals surface area (Å²) in [6.45, 7) is 10.2. The number of benzene rings is 1. The fourth-order valence-corrected chi connectivity index (χ4v) is 6.91. The Bertz CT molecular complexity index is 815. The van der Waals surface area contributed by atoms with Crippen LogP contribution in [-0.4, -0.2) is 73.8 Å². The van der Waals surface area contributed by atoms with Crippen LogP contribution in [0.25, 0.3) is 0 Å². The first-order valence-electron chi connectivity index (χ1n) is 11.7. The van der Waals surface area contributed by atoms with Gasteiger partial charge in [-0.25, -0.2) is 0 Å². The SMILES string of the molecule is CCN(CC1CCN(S(=O)(=O)N2CCCC2)CC1)C(C)Cc1ccc2c(c1)CCO2. The molecule has 1 aromatic rings. The molecule has 2 fully saturated rings. The van der Waals surface area contributed by atoms with Gasteiger partial charge in [-0.15, -0.1) is 0 Å². The van der Waals surface area contributed by atoms with E-state index in [0.29, 0.717) is 38.1 Å². The minimum atomic E-state index is -3.24. The lowest BCUT2D eigenvalue weighted by Crippen LogP contribution is -2.48. The van der Waals surface area contributed by atoms with Crippen molar-refractivity contribution in [3.8, 4) is 5.75 Å². The molecule has 1 aromatic carbocycles. The summed E-state index contributed by atoms with van der Waals surface area (Å²) in [5.74, 6) is 1.63. The Hall–Kier alpha value is -1.15. The standard InChI is InChI=1S/C23H37N3O3S/c1-3-24(19(2)16-21-6-7-23-22(17-21)10-15-29-23)18-20-8-13-26(14-9-20)30(27,28)25-11-4-5-12-25/h6-7,17,19-20H,3-5,8-16,18H2,1-2H3. The first-order chi connectivity index (χ1) is 14.5. The molecule has 1 unspecified atom stereocenters. The summed E-state index contributed by atoms with van der Waals surface area (Å²) in [4.78, 5) is 2.57. The smallest absolute Gasteiger partial charge is 0.281 e. The van der Waals surface area contributed by atoms with E-state index in [-0.39, 0.29) is 0 Å². The fraction of sp³-hybridized carbons (Fsp3) is 0.739. The van der Waals surface area contributed by atoms with E-state index in [1.165, 1.54) is 11.1 Å². The lowest BCUT2D eigenvalue weighted by atomic mass is 9.96. The Morgan fingerprint density at radius 1 is 1.13 bits per heavy atom. The Morgan fingerprint density at radius 2 is 1.83 bits per heavy atom. The lowest BCUT2D eigenvalue weighted by molar-refractivity contribution is 0.150. The molecule has 4 rings (SSSR count). The molecule has 0 saturated carbocycles. The van der Waals surface area contributed by atoms with Crippen molar-refractivity contribution in [1.29, 1.82) is 0 Å². The quantitative estimate of drug-likeness (QED) is 0.630. The monoisotopic (exact) mass is 435 g/mol. The number of piperidine rings is 1. The highest BCUT2D eigenvalue weighted by molar-refractivity contribution is 7.86. The maximum atomic E-state index is 12.8. The second-order valence-electron chi connectivity index (χ2n) is 9.14. The van der Waals surface area contributed by atoms with Gasteiger partial charge in [0.1, 0.15) is 5.75 Å². The van der Waals surface area contributed by atoms with Crippen LogP contribution in [0, 0.1) is 5.92 Å². The van der Waals surface area contributed by atoms with Gasteiger partial charge in [0.15, 0.2) is 0 Å². The first kappa shape index (κ1) is 22.1. The summed E-state index contributed by atoms with van der Waals surface area (Å²) >= 11 is 0. The molecule has 0 bridgehead atoms. The van der Waals surface area contributed by atoms with E-state index in [0.717, 1.165) is 64.0 Å². The molecule has 0 N–H and O–H groups in total. The molecule has 0 radical (unpaired) electrons.